The van der Waals surface area contributed by atoms with Gasteiger partial charge in [0.25, 0.3) is 0 Å². The van der Waals surface area contributed by atoms with E-state index in [1.54, 1.807) is 12.1 Å². The minimum atomic E-state index is 0.483. The van der Waals surface area contributed by atoms with E-state index < -0.39 is 0 Å². The number of aldehydes is 1. The van der Waals surface area contributed by atoms with Gasteiger partial charge in [-0.25, -0.2) is 0 Å². The third kappa shape index (κ3) is 2.31. The van der Waals surface area contributed by atoms with Gasteiger partial charge in [-0.15, -0.1) is 0 Å². The standard InChI is InChI=1S/C12H11ClN2O/c1-9-4-5-15(14-9)7-10-2-3-11(8-16)12(13)6-10/h2-6,8H,7H2,1H3. The summed E-state index contributed by atoms with van der Waals surface area (Å²) < 4.78 is 1.83. The fourth-order valence-electron chi connectivity index (χ4n) is 1.50. The van der Waals surface area contributed by atoms with E-state index >= 15 is 0 Å². The molecule has 0 atom stereocenters. The van der Waals surface area contributed by atoms with Crippen molar-refractivity contribution >= 4 is 17.9 Å². The molecule has 0 fully saturated rings. The van der Waals surface area contributed by atoms with Gasteiger partial charge >= 0.3 is 0 Å². The van der Waals surface area contributed by atoms with Crippen LogP contribution in [0.25, 0.3) is 0 Å². The maximum Gasteiger partial charge on any atom is 0.151 e. The van der Waals surface area contributed by atoms with Gasteiger partial charge in [-0.1, -0.05) is 17.7 Å². The summed E-state index contributed by atoms with van der Waals surface area (Å²) in [5.74, 6) is 0. The average Bonchev–Trinajstić information content (AvgIpc) is 2.64. The number of hydrogen-bond acceptors (Lipinski definition) is 2. The Labute approximate surface area is 98.7 Å². The molecule has 0 amide bonds. The molecular formula is C12H11ClN2O. The van der Waals surface area contributed by atoms with Crippen LogP contribution in [-0.2, 0) is 6.54 Å². The molecule has 4 heteroatoms. The Morgan fingerprint density at radius 3 is 2.81 bits per heavy atom. The van der Waals surface area contributed by atoms with Crippen LogP contribution in [0.4, 0.5) is 0 Å². The molecular weight excluding hydrogens is 224 g/mol. The van der Waals surface area contributed by atoms with Crippen molar-refractivity contribution in [2.24, 2.45) is 0 Å². The van der Waals surface area contributed by atoms with Gasteiger partial charge in [0.15, 0.2) is 6.29 Å². The third-order valence-corrected chi connectivity index (χ3v) is 2.64. The number of hydrogen-bond donors (Lipinski definition) is 0. The summed E-state index contributed by atoms with van der Waals surface area (Å²) >= 11 is 5.94. The molecule has 0 aliphatic rings. The van der Waals surface area contributed by atoms with Crippen LogP contribution in [0.5, 0.6) is 0 Å². The highest BCUT2D eigenvalue weighted by molar-refractivity contribution is 6.33. The monoisotopic (exact) mass is 234 g/mol. The lowest BCUT2D eigenvalue weighted by Gasteiger charge is -2.03. The zero-order valence-electron chi connectivity index (χ0n) is 8.85. The molecule has 2 rings (SSSR count). The van der Waals surface area contributed by atoms with Gasteiger partial charge in [0.2, 0.25) is 0 Å². The summed E-state index contributed by atoms with van der Waals surface area (Å²) in [6.07, 6.45) is 2.67. The predicted molar refractivity (Wildman–Crippen MR) is 62.9 cm³/mol. The Balaban J connectivity index is 2.22. The first-order valence-electron chi connectivity index (χ1n) is 4.92. The second-order valence-corrected chi connectivity index (χ2v) is 4.04. The van der Waals surface area contributed by atoms with E-state index in [1.807, 2.05) is 29.9 Å². The smallest absolute Gasteiger partial charge is 0.151 e. The van der Waals surface area contributed by atoms with E-state index in [0.29, 0.717) is 17.1 Å². The van der Waals surface area contributed by atoms with E-state index in [0.717, 1.165) is 17.5 Å². The highest BCUT2D eigenvalue weighted by atomic mass is 35.5. The summed E-state index contributed by atoms with van der Waals surface area (Å²) in [7, 11) is 0. The van der Waals surface area contributed by atoms with Gasteiger partial charge in [0.1, 0.15) is 0 Å². The van der Waals surface area contributed by atoms with E-state index in [9.17, 15) is 4.79 Å². The van der Waals surface area contributed by atoms with Crippen molar-refractivity contribution < 1.29 is 4.79 Å². The molecule has 16 heavy (non-hydrogen) atoms. The van der Waals surface area contributed by atoms with E-state index in [1.165, 1.54) is 0 Å². The van der Waals surface area contributed by atoms with Crippen molar-refractivity contribution in [3.63, 3.8) is 0 Å². The molecule has 0 unspecified atom stereocenters. The van der Waals surface area contributed by atoms with Gasteiger partial charge in [-0.3, -0.25) is 9.48 Å². The fraction of sp³-hybridized carbons (Fsp3) is 0.167. The molecule has 1 aromatic heterocycles. The van der Waals surface area contributed by atoms with Crippen molar-refractivity contribution in [1.82, 2.24) is 9.78 Å². The molecule has 82 valence electrons. The van der Waals surface area contributed by atoms with Crippen molar-refractivity contribution in [3.05, 3.63) is 52.3 Å². The van der Waals surface area contributed by atoms with Gasteiger partial charge in [0, 0.05) is 11.8 Å². The van der Waals surface area contributed by atoms with Crippen LogP contribution in [0, 0.1) is 6.92 Å². The van der Waals surface area contributed by atoms with Crippen LogP contribution in [-0.4, -0.2) is 16.1 Å². The lowest BCUT2D eigenvalue weighted by Crippen LogP contribution is -2.00. The summed E-state index contributed by atoms with van der Waals surface area (Å²) in [6, 6.07) is 7.34. The number of nitrogens with zero attached hydrogens (tertiary/aromatic N) is 2. The second kappa shape index (κ2) is 4.49. The molecule has 0 radical (unpaired) electrons. The van der Waals surface area contributed by atoms with Crippen LogP contribution in [0.3, 0.4) is 0 Å². The van der Waals surface area contributed by atoms with E-state index in [-0.39, 0.29) is 0 Å². The van der Waals surface area contributed by atoms with Crippen LogP contribution in [0.2, 0.25) is 5.02 Å². The van der Waals surface area contributed by atoms with Crippen LogP contribution in [0.1, 0.15) is 21.6 Å². The summed E-state index contributed by atoms with van der Waals surface area (Å²) in [5.41, 5.74) is 2.52. The maximum absolute atomic E-state index is 10.6. The number of aromatic nitrogens is 2. The molecule has 0 aliphatic heterocycles. The highest BCUT2D eigenvalue weighted by Crippen LogP contribution is 2.16. The molecule has 0 bridgehead atoms. The minimum absolute atomic E-state index is 0.483. The highest BCUT2D eigenvalue weighted by Gasteiger charge is 2.02. The lowest BCUT2D eigenvalue weighted by atomic mass is 10.1. The number of rotatable bonds is 3. The number of carbonyl (C=O) groups is 1. The predicted octanol–water partition coefficient (Wildman–Crippen LogP) is 2.71. The topological polar surface area (TPSA) is 34.9 Å². The molecule has 0 spiro atoms. The molecule has 0 saturated carbocycles. The fourth-order valence-corrected chi connectivity index (χ4v) is 1.75. The first-order valence-corrected chi connectivity index (χ1v) is 5.30. The lowest BCUT2D eigenvalue weighted by molar-refractivity contribution is 0.112. The number of halogens is 1. The number of carbonyl (C=O) groups excluding carboxylic acids is 1. The SMILES string of the molecule is Cc1ccn(Cc2ccc(C=O)c(Cl)c2)n1. The zero-order chi connectivity index (χ0) is 11.5. The number of benzene rings is 1. The Kier molecular flexibility index (Phi) is 3.06. The van der Waals surface area contributed by atoms with Gasteiger partial charge in [0.05, 0.1) is 17.3 Å². The minimum Gasteiger partial charge on any atom is -0.298 e. The summed E-state index contributed by atoms with van der Waals surface area (Å²) in [4.78, 5) is 10.6. The van der Waals surface area contributed by atoms with Crippen molar-refractivity contribution in [2.75, 3.05) is 0 Å². The van der Waals surface area contributed by atoms with Crippen LogP contribution >= 0.6 is 11.6 Å². The van der Waals surface area contributed by atoms with E-state index in [2.05, 4.69) is 5.10 Å². The first kappa shape index (κ1) is 10.9. The Hall–Kier alpha value is -1.61. The zero-order valence-corrected chi connectivity index (χ0v) is 9.61. The van der Waals surface area contributed by atoms with Crippen molar-refractivity contribution in [3.8, 4) is 0 Å². The molecule has 0 N–H and O–H groups in total. The van der Waals surface area contributed by atoms with Crippen molar-refractivity contribution in [2.45, 2.75) is 13.5 Å². The molecule has 3 nitrogen and oxygen atoms in total. The summed E-state index contributed by atoms with van der Waals surface area (Å²) in [5, 5.41) is 4.77. The molecule has 1 aromatic carbocycles. The van der Waals surface area contributed by atoms with Gasteiger partial charge < -0.3 is 0 Å². The van der Waals surface area contributed by atoms with Gasteiger partial charge in [-0.05, 0) is 30.7 Å². The quantitative estimate of drug-likeness (QED) is 0.766. The Bertz CT molecular complexity index is 519. The first-order chi connectivity index (χ1) is 7.69. The van der Waals surface area contributed by atoms with Crippen LogP contribution < -0.4 is 0 Å². The van der Waals surface area contributed by atoms with Crippen molar-refractivity contribution in [1.29, 1.82) is 0 Å². The molecule has 0 saturated heterocycles. The van der Waals surface area contributed by atoms with E-state index in [4.69, 9.17) is 11.6 Å². The van der Waals surface area contributed by atoms with Crippen LogP contribution in [0.15, 0.2) is 30.5 Å². The largest absolute Gasteiger partial charge is 0.298 e. The maximum atomic E-state index is 10.6. The molecule has 2 aromatic rings. The Morgan fingerprint density at radius 1 is 1.44 bits per heavy atom. The average molecular weight is 235 g/mol. The Morgan fingerprint density at radius 2 is 2.25 bits per heavy atom. The summed E-state index contributed by atoms with van der Waals surface area (Å²) in [6.45, 7) is 2.60. The number of aryl methyl sites for hydroxylation is 1. The van der Waals surface area contributed by atoms with Gasteiger partial charge in [-0.2, -0.15) is 5.10 Å². The molecule has 1 heterocycles. The third-order valence-electron chi connectivity index (χ3n) is 2.31. The molecule has 0 aliphatic carbocycles. The second-order valence-electron chi connectivity index (χ2n) is 3.63. The normalized spacial score (nSPS) is 10.4.